The average Bonchev–Trinajstić information content (AvgIpc) is 2.37. The van der Waals surface area contributed by atoms with Crippen LogP contribution in [-0.2, 0) is 0 Å². The van der Waals surface area contributed by atoms with Gasteiger partial charge in [-0.1, -0.05) is 38.2 Å². The first-order chi connectivity index (χ1) is 9.41. The van der Waals surface area contributed by atoms with E-state index in [1.54, 1.807) is 18.2 Å². The highest BCUT2D eigenvalue weighted by atomic mass is 32.1. The van der Waals surface area contributed by atoms with Crippen LogP contribution in [0.1, 0.15) is 31.0 Å². The van der Waals surface area contributed by atoms with E-state index in [-0.39, 0.29) is 11.6 Å². The van der Waals surface area contributed by atoms with Crippen molar-refractivity contribution in [1.29, 1.82) is 0 Å². The fourth-order valence-electron chi connectivity index (χ4n) is 2.24. The Morgan fingerprint density at radius 3 is 2.55 bits per heavy atom. The molecule has 0 aliphatic rings. The minimum absolute atomic E-state index is 0.0161. The maximum Gasteiger partial charge on any atom is 0.280 e. The minimum Gasteiger partial charge on any atom is -0.343 e. The van der Waals surface area contributed by atoms with Crippen molar-refractivity contribution < 1.29 is 4.92 Å². The van der Waals surface area contributed by atoms with E-state index in [0.717, 1.165) is 11.3 Å². The summed E-state index contributed by atoms with van der Waals surface area (Å²) < 4.78 is 0.490. The van der Waals surface area contributed by atoms with E-state index in [9.17, 15) is 10.1 Å². The second-order valence-electron chi connectivity index (χ2n) is 4.86. The molecule has 20 heavy (non-hydrogen) atoms. The standard InChI is InChI=1S/C14H15N3O2S/c1-8(2)12-9(3)15-13(16-14(12)20)10-6-4-5-7-11(10)17(18)19/h4-8H,1-3H3,(H,15,16,20). The van der Waals surface area contributed by atoms with Crippen molar-refractivity contribution >= 4 is 17.9 Å². The van der Waals surface area contributed by atoms with Gasteiger partial charge in [0.25, 0.3) is 5.69 Å². The highest BCUT2D eigenvalue weighted by Gasteiger charge is 2.17. The van der Waals surface area contributed by atoms with E-state index in [1.165, 1.54) is 6.07 Å². The molecule has 0 unspecified atom stereocenters. The highest BCUT2D eigenvalue weighted by Crippen LogP contribution is 2.28. The molecule has 2 aromatic rings. The zero-order valence-corrected chi connectivity index (χ0v) is 12.3. The Morgan fingerprint density at radius 1 is 1.35 bits per heavy atom. The molecule has 0 spiro atoms. The third-order valence-electron chi connectivity index (χ3n) is 3.09. The van der Waals surface area contributed by atoms with Crippen molar-refractivity contribution in [3.63, 3.8) is 0 Å². The van der Waals surface area contributed by atoms with Crippen molar-refractivity contribution in [2.45, 2.75) is 26.7 Å². The zero-order valence-electron chi connectivity index (χ0n) is 11.5. The lowest BCUT2D eigenvalue weighted by molar-refractivity contribution is -0.384. The number of hydrogen-bond donors (Lipinski definition) is 1. The van der Waals surface area contributed by atoms with Crippen LogP contribution < -0.4 is 0 Å². The van der Waals surface area contributed by atoms with Crippen LogP contribution in [0, 0.1) is 21.7 Å². The van der Waals surface area contributed by atoms with Crippen LogP contribution in [0.2, 0.25) is 0 Å². The van der Waals surface area contributed by atoms with Crippen molar-refractivity contribution in [3.05, 3.63) is 50.3 Å². The molecule has 0 bridgehead atoms. The Morgan fingerprint density at radius 2 is 2.00 bits per heavy atom. The number of nitrogens with one attached hydrogen (secondary N) is 1. The van der Waals surface area contributed by atoms with Gasteiger partial charge in [0.1, 0.15) is 10.5 Å². The van der Waals surface area contributed by atoms with E-state index >= 15 is 0 Å². The van der Waals surface area contributed by atoms with Gasteiger partial charge in [0.2, 0.25) is 0 Å². The summed E-state index contributed by atoms with van der Waals surface area (Å²) in [5, 5.41) is 11.1. The van der Waals surface area contributed by atoms with E-state index in [1.807, 2.05) is 20.8 Å². The topological polar surface area (TPSA) is 71.8 Å². The number of rotatable bonds is 3. The monoisotopic (exact) mass is 289 g/mol. The third kappa shape index (κ3) is 2.60. The molecule has 0 fully saturated rings. The van der Waals surface area contributed by atoms with Gasteiger partial charge in [-0.2, -0.15) is 0 Å². The third-order valence-corrected chi connectivity index (χ3v) is 3.40. The van der Waals surface area contributed by atoms with Gasteiger partial charge >= 0.3 is 0 Å². The first kappa shape index (κ1) is 14.3. The van der Waals surface area contributed by atoms with Crippen LogP contribution in [0.15, 0.2) is 24.3 Å². The number of benzene rings is 1. The van der Waals surface area contributed by atoms with Gasteiger partial charge in [0.05, 0.1) is 10.5 Å². The summed E-state index contributed by atoms with van der Waals surface area (Å²) >= 11 is 5.31. The van der Waals surface area contributed by atoms with Gasteiger partial charge in [-0.3, -0.25) is 10.1 Å². The normalized spacial score (nSPS) is 10.8. The van der Waals surface area contributed by atoms with Gasteiger partial charge in [0.15, 0.2) is 0 Å². The molecule has 0 aliphatic heterocycles. The lowest BCUT2D eigenvalue weighted by atomic mass is 10.0. The minimum atomic E-state index is -0.417. The number of nitro groups is 1. The van der Waals surface area contributed by atoms with Crippen molar-refractivity contribution in [2.24, 2.45) is 0 Å². The number of aromatic amines is 1. The lowest BCUT2D eigenvalue weighted by Crippen LogP contribution is -2.03. The van der Waals surface area contributed by atoms with Gasteiger partial charge in [0, 0.05) is 17.3 Å². The van der Waals surface area contributed by atoms with Crippen LogP contribution >= 0.6 is 12.2 Å². The van der Waals surface area contributed by atoms with E-state index < -0.39 is 4.92 Å². The van der Waals surface area contributed by atoms with E-state index in [4.69, 9.17) is 12.2 Å². The fourth-order valence-corrected chi connectivity index (χ4v) is 2.72. The maximum atomic E-state index is 11.1. The number of aromatic nitrogens is 2. The molecule has 1 aromatic heterocycles. The average molecular weight is 289 g/mol. The molecule has 0 aliphatic carbocycles. The van der Waals surface area contributed by atoms with Crippen LogP contribution in [0.25, 0.3) is 11.4 Å². The number of H-pyrrole nitrogens is 1. The number of para-hydroxylation sites is 1. The lowest BCUT2D eigenvalue weighted by Gasteiger charge is -2.11. The molecule has 1 N–H and O–H groups in total. The molecule has 1 aromatic carbocycles. The van der Waals surface area contributed by atoms with Gasteiger partial charge in [-0.15, -0.1) is 0 Å². The van der Waals surface area contributed by atoms with Crippen LogP contribution in [0.3, 0.4) is 0 Å². The molecule has 104 valence electrons. The molecule has 5 nitrogen and oxygen atoms in total. The summed E-state index contributed by atoms with van der Waals surface area (Å²) in [5.74, 6) is 0.690. The predicted octanol–water partition coefficient (Wildman–Crippen LogP) is 4.15. The Bertz CT molecular complexity index is 723. The second-order valence-corrected chi connectivity index (χ2v) is 5.24. The SMILES string of the molecule is Cc1[nH]c(-c2ccccc2[N+](=O)[O-])nc(=S)c1C(C)C. The van der Waals surface area contributed by atoms with Crippen LogP contribution in [-0.4, -0.2) is 14.9 Å². The van der Waals surface area contributed by atoms with Crippen LogP contribution in [0.5, 0.6) is 0 Å². The Kier molecular flexibility index (Phi) is 3.94. The van der Waals surface area contributed by atoms with Crippen molar-refractivity contribution in [2.75, 3.05) is 0 Å². The second kappa shape index (κ2) is 5.50. The number of nitro benzene ring substituents is 1. The predicted molar refractivity (Wildman–Crippen MR) is 80.3 cm³/mol. The van der Waals surface area contributed by atoms with E-state index in [2.05, 4.69) is 9.97 Å². The van der Waals surface area contributed by atoms with Gasteiger partial charge in [-0.05, 0) is 18.9 Å². The first-order valence-electron chi connectivity index (χ1n) is 6.26. The Labute approximate surface area is 121 Å². The first-order valence-corrected chi connectivity index (χ1v) is 6.67. The zero-order chi connectivity index (χ0) is 14.9. The molecule has 0 radical (unpaired) electrons. The maximum absolute atomic E-state index is 11.1. The fraction of sp³-hybridized carbons (Fsp3) is 0.286. The molecular weight excluding hydrogens is 274 g/mol. The summed E-state index contributed by atoms with van der Waals surface area (Å²) in [5.41, 5.74) is 2.33. The Hall–Kier alpha value is -2.08. The summed E-state index contributed by atoms with van der Waals surface area (Å²) in [6.45, 7) is 5.99. The van der Waals surface area contributed by atoms with Crippen LogP contribution in [0.4, 0.5) is 5.69 Å². The van der Waals surface area contributed by atoms with E-state index in [0.29, 0.717) is 16.0 Å². The van der Waals surface area contributed by atoms with Crippen molar-refractivity contribution in [3.8, 4) is 11.4 Å². The molecule has 0 atom stereocenters. The molecule has 0 amide bonds. The summed E-state index contributed by atoms with van der Waals surface area (Å²) in [4.78, 5) is 18.1. The van der Waals surface area contributed by atoms with Crippen molar-refractivity contribution in [1.82, 2.24) is 9.97 Å². The number of nitrogens with zero attached hydrogens (tertiary/aromatic N) is 2. The molecule has 6 heteroatoms. The summed E-state index contributed by atoms with van der Waals surface area (Å²) in [6, 6.07) is 6.50. The molecule has 0 saturated carbocycles. The smallest absolute Gasteiger partial charge is 0.280 e. The molecule has 2 rings (SSSR count). The van der Waals surface area contributed by atoms with Gasteiger partial charge < -0.3 is 4.98 Å². The molecular formula is C14H15N3O2S. The quantitative estimate of drug-likeness (QED) is 0.523. The van der Waals surface area contributed by atoms with Gasteiger partial charge in [-0.25, -0.2) is 4.98 Å². The highest BCUT2D eigenvalue weighted by molar-refractivity contribution is 7.71. The largest absolute Gasteiger partial charge is 0.343 e. The summed E-state index contributed by atoms with van der Waals surface area (Å²) in [6.07, 6.45) is 0. The molecule has 1 heterocycles. The number of hydrogen-bond acceptors (Lipinski definition) is 4. The molecule has 0 saturated heterocycles. The number of aryl methyl sites for hydroxylation is 1. The summed E-state index contributed by atoms with van der Waals surface area (Å²) in [7, 11) is 0. The Balaban J connectivity index is 2.67.